The van der Waals surface area contributed by atoms with Crippen molar-refractivity contribution in [3.8, 4) is 11.1 Å². The van der Waals surface area contributed by atoms with Crippen LogP contribution >= 0.6 is 22.6 Å². The molecule has 4 heteroatoms. The van der Waals surface area contributed by atoms with Gasteiger partial charge in [0.05, 0.1) is 6.20 Å². The number of imidazole rings is 1. The summed E-state index contributed by atoms with van der Waals surface area (Å²) in [6.07, 6.45) is 7.54. The normalized spacial score (nSPS) is 10.8. The van der Waals surface area contributed by atoms with Crippen molar-refractivity contribution < 1.29 is 0 Å². The Morgan fingerprint density at radius 3 is 2.88 bits per heavy atom. The van der Waals surface area contributed by atoms with E-state index in [1.807, 2.05) is 30.7 Å². The first kappa shape index (κ1) is 9.77. The van der Waals surface area contributed by atoms with Crippen molar-refractivity contribution in [2.75, 3.05) is 0 Å². The fraction of sp³-hybridized carbons (Fsp3) is 0. The van der Waals surface area contributed by atoms with E-state index in [2.05, 4.69) is 49.1 Å². The number of aromatic nitrogens is 3. The molecular formula is C12H8IN3. The van der Waals surface area contributed by atoms with Gasteiger partial charge in [-0.05, 0) is 46.4 Å². The fourth-order valence-electron chi connectivity index (χ4n) is 1.66. The summed E-state index contributed by atoms with van der Waals surface area (Å²) in [5, 5.41) is 0. The minimum Gasteiger partial charge on any atom is -0.295 e. The Morgan fingerprint density at radius 2 is 2.06 bits per heavy atom. The lowest BCUT2D eigenvalue weighted by molar-refractivity contribution is 1.15. The zero-order chi connectivity index (χ0) is 11.0. The van der Waals surface area contributed by atoms with Gasteiger partial charge in [-0.2, -0.15) is 0 Å². The van der Waals surface area contributed by atoms with E-state index in [-0.39, 0.29) is 0 Å². The first-order valence-electron chi connectivity index (χ1n) is 4.87. The molecule has 3 aromatic heterocycles. The van der Waals surface area contributed by atoms with Crippen molar-refractivity contribution >= 4 is 28.2 Å². The zero-order valence-corrected chi connectivity index (χ0v) is 10.5. The third kappa shape index (κ3) is 1.59. The van der Waals surface area contributed by atoms with Gasteiger partial charge in [-0.1, -0.05) is 6.07 Å². The Kier molecular flexibility index (Phi) is 2.36. The number of pyridine rings is 2. The Balaban J connectivity index is 2.19. The van der Waals surface area contributed by atoms with E-state index in [0.29, 0.717) is 0 Å². The Hall–Kier alpha value is -1.43. The molecule has 0 aliphatic carbocycles. The summed E-state index contributed by atoms with van der Waals surface area (Å²) in [4.78, 5) is 8.46. The van der Waals surface area contributed by atoms with Crippen molar-refractivity contribution in [2.45, 2.75) is 0 Å². The van der Waals surface area contributed by atoms with Crippen LogP contribution in [0.3, 0.4) is 0 Å². The first-order valence-corrected chi connectivity index (χ1v) is 5.95. The average Bonchev–Trinajstić information content (AvgIpc) is 2.72. The number of fused-ring (bicyclic) bond motifs is 1. The van der Waals surface area contributed by atoms with Gasteiger partial charge in [-0.15, -0.1) is 0 Å². The molecule has 16 heavy (non-hydrogen) atoms. The van der Waals surface area contributed by atoms with Gasteiger partial charge in [0.15, 0.2) is 0 Å². The second-order valence-corrected chi connectivity index (χ2v) is 4.57. The maximum Gasteiger partial charge on any atom is 0.138 e. The molecule has 3 nitrogen and oxygen atoms in total. The lowest BCUT2D eigenvalue weighted by atomic mass is 10.1. The molecule has 0 aliphatic rings. The molecule has 0 atom stereocenters. The maximum absolute atomic E-state index is 4.34. The predicted molar refractivity (Wildman–Crippen MR) is 71.1 cm³/mol. The summed E-state index contributed by atoms with van der Waals surface area (Å²) in [5.41, 5.74) is 3.22. The van der Waals surface area contributed by atoms with Gasteiger partial charge in [0, 0.05) is 24.2 Å². The van der Waals surface area contributed by atoms with Gasteiger partial charge in [0.1, 0.15) is 9.35 Å². The lowest BCUT2D eigenvalue weighted by Crippen LogP contribution is -1.87. The van der Waals surface area contributed by atoms with Crippen LogP contribution in [0.5, 0.6) is 0 Å². The molecule has 0 amide bonds. The highest BCUT2D eigenvalue weighted by atomic mass is 127. The molecule has 0 aromatic carbocycles. The van der Waals surface area contributed by atoms with Crippen LogP contribution < -0.4 is 0 Å². The molecule has 0 saturated carbocycles. The van der Waals surface area contributed by atoms with Gasteiger partial charge in [-0.3, -0.25) is 9.38 Å². The van der Waals surface area contributed by atoms with E-state index in [9.17, 15) is 0 Å². The van der Waals surface area contributed by atoms with Crippen LogP contribution in [0.15, 0.2) is 49.1 Å². The van der Waals surface area contributed by atoms with Gasteiger partial charge in [0.25, 0.3) is 0 Å². The second kappa shape index (κ2) is 3.86. The molecule has 3 heterocycles. The summed E-state index contributed by atoms with van der Waals surface area (Å²) < 4.78 is 3.17. The molecule has 3 rings (SSSR count). The number of hydrogen-bond acceptors (Lipinski definition) is 2. The molecule has 0 aliphatic heterocycles. The second-order valence-electron chi connectivity index (χ2n) is 3.47. The molecule has 0 saturated heterocycles. The number of rotatable bonds is 1. The standard InChI is InChI=1S/C12H8IN3/c13-11-8-15-12-6-9(3-5-16(11)12)10-2-1-4-14-7-10/h1-8H. The highest BCUT2D eigenvalue weighted by molar-refractivity contribution is 14.1. The molecule has 0 spiro atoms. The number of halogens is 1. The minimum absolute atomic E-state index is 0.964. The fourth-order valence-corrected chi connectivity index (χ4v) is 2.21. The van der Waals surface area contributed by atoms with E-state index in [1.165, 1.54) is 0 Å². The van der Waals surface area contributed by atoms with Crippen LogP contribution in [-0.2, 0) is 0 Å². The summed E-state index contributed by atoms with van der Waals surface area (Å²) in [7, 11) is 0. The average molecular weight is 321 g/mol. The Bertz CT molecular complexity index is 631. The summed E-state index contributed by atoms with van der Waals surface area (Å²) in [6.45, 7) is 0. The molecular weight excluding hydrogens is 313 g/mol. The van der Waals surface area contributed by atoms with Gasteiger partial charge >= 0.3 is 0 Å². The van der Waals surface area contributed by atoms with E-state index < -0.39 is 0 Å². The molecule has 3 aromatic rings. The van der Waals surface area contributed by atoms with Crippen LogP contribution in [0.1, 0.15) is 0 Å². The highest BCUT2D eigenvalue weighted by Gasteiger charge is 2.02. The third-order valence-electron chi connectivity index (χ3n) is 2.46. The summed E-state index contributed by atoms with van der Waals surface area (Å²) in [5.74, 6) is 0. The zero-order valence-electron chi connectivity index (χ0n) is 8.34. The van der Waals surface area contributed by atoms with Crippen LogP contribution in [-0.4, -0.2) is 14.4 Å². The molecule has 0 unspecified atom stereocenters. The van der Waals surface area contributed by atoms with E-state index >= 15 is 0 Å². The first-order chi connectivity index (χ1) is 7.84. The van der Waals surface area contributed by atoms with Crippen molar-refractivity contribution in [1.29, 1.82) is 0 Å². The minimum atomic E-state index is 0.964. The van der Waals surface area contributed by atoms with Gasteiger partial charge in [-0.25, -0.2) is 4.98 Å². The molecule has 78 valence electrons. The molecule has 0 fully saturated rings. The van der Waals surface area contributed by atoms with Crippen molar-refractivity contribution in [3.63, 3.8) is 0 Å². The van der Waals surface area contributed by atoms with Crippen molar-refractivity contribution in [2.24, 2.45) is 0 Å². The molecule has 0 radical (unpaired) electrons. The predicted octanol–water partition coefficient (Wildman–Crippen LogP) is 3.00. The maximum atomic E-state index is 4.34. The topological polar surface area (TPSA) is 30.2 Å². The van der Waals surface area contributed by atoms with Gasteiger partial charge < -0.3 is 0 Å². The largest absolute Gasteiger partial charge is 0.295 e. The highest BCUT2D eigenvalue weighted by Crippen LogP contribution is 2.20. The number of hydrogen-bond donors (Lipinski definition) is 0. The van der Waals surface area contributed by atoms with E-state index in [0.717, 1.165) is 20.5 Å². The molecule has 0 bridgehead atoms. The van der Waals surface area contributed by atoms with Crippen molar-refractivity contribution in [1.82, 2.24) is 14.4 Å². The Morgan fingerprint density at radius 1 is 1.12 bits per heavy atom. The van der Waals surface area contributed by atoms with Crippen LogP contribution in [0.4, 0.5) is 0 Å². The van der Waals surface area contributed by atoms with Crippen molar-refractivity contribution in [3.05, 3.63) is 52.8 Å². The van der Waals surface area contributed by atoms with Crippen LogP contribution in [0.25, 0.3) is 16.8 Å². The third-order valence-corrected chi connectivity index (χ3v) is 3.26. The smallest absolute Gasteiger partial charge is 0.138 e. The summed E-state index contributed by atoms with van der Waals surface area (Å²) in [6, 6.07) is 8.13. The van der Waals surface area contributed by atoms with Gasteiger partial charge in [0.2, 0.25) is 0 Å². The van der Waals surface area contributed by atoms with Crippen LogP contribution in [0, 0.1) is 3.70 Å². The van der Waals surface area contributed by atoms with E-state index in [4.69, 9.17) is 0 Å². The lowest BCUT2D eigenvalue weighted by Gasteiger charge is -2.01. The monoisotopic (exact) mass is 321 g/mol. The quantitative estimate of drug-likeness (QED) is 0.645. The van der Waals surface area contributed by atoms with E-state index in [1.54, 1.807) is 6.20 Å². The SMILES string of the molecule is Ic1cnc2cc(-c3cccnc3)ccn12. The number of nitrogens with zero attached hydrogens (tertiary/aromatic N) is 3. The Labute approximate surface area is 106 Å². The molecule has 0 N–H and O–H groups in total. The van der Waals surface area contributed by atoms with Crippen LogP contribution in [0.2, 0.25) is 0 Å². The summed E-state index contributed by atoms with van der Waals surface area (Å²) >= 11 is 2.27.